The molecule has 0 aromatic heterocycles. The molecule has 0 saturated carbocycles. The Balaban J connectivity index is 2.47. The van der Waals surface area contributed by atoms with Crippen molar-refractivity contribution in [2.75, 3.05) is 32.4 Å². The lowest BCUT2D eigenvalue weighted by molar-refractivity contribution is 0.290. The van der Waals surface area contributed by atoms with Gasteiger partial charge >= 0.3 is 0 Å². The Kier molecular flexibility index (Phi) is 5.05. The molecule has 1 atom stereocenters. The monoisotopic (exact) mass is 351 g/mol. The van der Waals surface area contributed by atoms with Gasteiger partial charge in [-0.1, -0.05) is 23.2 Å². The molecule has 1 aromatic rings. The summed E-state index contributed by atoms with van der Waals surface area (Å²) in [6.07, 6.45) is 0.769. The van der Waals surface area contributed by atoms with E-state index in [1.807, 2.05) is 14.0 Å². The normalized spacial score (nSPS) is 22.2. The minimum atomic E-state index is -3.75. The van der Waals surface area contributed by atoms with E-state index in [4.69, 9.17) is 28.9 Å². The van der Waals surface area contributed by atoms with Crippen LogP contribution in [0.15, 0.2) is 17.0 Å². The van der Waals surface area contributed by atoms with Crippen molar-refractivity contribution in [3.8, 4) is 0 Å². The number of anilines is 1. The number of nitrogen functional groups attached to an aromatic ring is 1. The number of nitrogens with two attached hydrogens (primary N) is 1. The van der Waals surface area contributed by atoms with Crippen molar-refractivity contribution in [1.29, 1.82) is 0 Å². The van der Waals surface area contributed by atoms with E-state index in [1.54, 1.807) is 0 Å². The summed E-state index contributed by atoms with van der Waals surface area (Å²) >= 11 is 11.9. The van der Waals surface area contributed by atoms with E-state index in [2.05, 4.69) is 4.90 Å². The molecule has 1 heterocycles. The molecule has 0 radical (unpaired) electrons. The fourth-order valence-electron chi connectivity index (χ4n) is 2.68. The molecule has 0 amide bonds. The van der Waals surface area contributed by atoms with Gasteiger partial charge in [-0.25, -0.2) is 8.42 Å². The largest absolute Gasteiger partial charge is 0.398 e. The number of halogens is 2. The van der Waals surface area contributed by atoms with Crippen LogP contribution in [0, 0.1) is 0 Å². The number of benzene rings is 1. The summed E-state index contributed by atoms with van der Waals surface area (Å²) in [4.78, 5) is 2.07. The molecule has 21 heavy (non-hydrogen) atoms. The fraction of sp³-hybridized carbons (Fsp3) is 0.538. The Morgan fingerprint density at radius 3 is 2.57 bits per heavy atom. The van der Waals surface area contributed by atoms with Crippen LogP contribution in [0.4, 0.5) is 5.69 Å². The Hall–Kier alpha value is -0.530. The van der Waals surface area contributed by atoms with Crippen molar-refractivity contribution in [1.82, 2.24) is 9.21 Å². The van der Waals surface area contributed by atoms with Crippen molar-refractivity contribution in [3.05, 3.63) is 22.2 Å². The maximum Gasteiger partial charge on any atom is 0.246 e. The second kappa shape index (κ2) is 6.30. The van der Waals surface area contributed by atoms with E-state index < -0.39 is 10.0 Å². The second-order valence-electron chi connectivity index (χ2n) is 5.39. The predicted molar refractivity (Wildman–Crippen MR) is 86.3 cm³/mol. The van der Waals surface area contributed by atoms with Gasteiger partial charge in [0.1, 0.15) is 4.90 Å². The van der Waals surface area contributed by atoms with E-state index in [0.717, 1.165) is 13.0 Å². The first kappa shape index (κ1) is 16.8. The first-order valence-corrected chi connectivity index (χ1v) is 8.88. The van der Waals surface area contributed by atoms with Gasteiger partial charge in [-0.3, -0.25) is 0 Å². The SMILES string of the molecule is CC1CN(C)CCCN1S(=O)(=O)c1c(N)cc(Cl)cc1Cl. The average Bonchev–Trinajstić information content (AvgIpc) is 2.48. The molecule has 1 fully saturated rings. The zero-order valence-corrected chi connectivity index (χ0v) is 14.3. The maximum absolute atomic E-state index is 12.9. The lowest BCUT2D eigenvalue weighted by Gasteiger charge is -2.28. The van der Waals surface area contributed by atoms with Crippen LogP contribution < -0.4 is 5.73 Å². The highest BCUT2D eigenvalue weighted by molar-refractivity contribution is 7.89. The fourth-order valence-corrected chi connectivity index (χ4v) is 5.29. The number of rotatable bonds is 2. The number of hydrogen-bond acceptors (Lipinski definition) is 4. The summed E-state index contributed by atoms with van der Waals surface area (Å²) in [5.74, 6) is 0. The van der Waals surface area contributed by atoms with Crippen LogP contribution in [0.2, 0.25) is 10.0 Å². The summed E-state index contributed by atoms with van der Waals surface area (Å²) in [5.41, 5.74) is 5.92. The molecule has 1 aliphatic rings. The zero-order valence-electron chi connectivity index (χ0n) is 12.0. The molecule has 8 heteroatoms. The first-order valence-electron chi connectivity index (χ1n) is 6.68. The minimum absolute atomic E-state index is 0.0510. The topological polar surface area (TPSA) is 66.6 Å². The van der Waals surface area contributed by atoms with E-state index in [1.165, 1.54) is 16.4 Å². The molecule has 5 nitrogen and oxygen atoms in total. The summed E-state index contributed by atoms with van der Waals surface area (Å²) in [6.45, 7) is 3.87. The lowest BCUT2D eigenvalue weighted by atomic mass is 10.3. The molecule has 1 unspecified atom stereocenters. The molecule has 0 spiro atoms. The van der Waals surface area contributed by atoms with Gasteiger partial charge in [0, 0.05) is 24.2 Å². The van der Waals surface area contributed by atoms with Crippen LogP contribution in [0.25, 0.3) is 0 Å². The van der Waals surface area contributed by atoms with Crippen LogP contribution in [-0.4, -0.2) is 50.3 Å². The Morgan fingerprint density at radius 1 is 1.29 bits per heavy atom. The molecule has 1 saturated heterocycles. The Labute approximate surface area is 135 Å². The van der Waals surface area contributed by atoms with E-state index in [-0.39, 0.29) is 21.6 Å². The third kappa shape index (κ3) is 3.46. The molecule has 118 valence electrons. The van der Waals surface area contributed by atoms with Gasteiger partial charge in [0.2, 0.25) is 10.0 Å². The van der Waals surface area contributed by atoms with Crippen LogP contribution in [0.5, 0.6) is 0 Å². The molecule has 0 bridgehead atoms. The van der Waals surface area contributed by atoms with Crippen molar-refractivity contribution in [2.45, 2.75) is 24.3 Å². The van der Waals surface area contributed by atoms with Crippen LogP contribution >= 0.6 is 23.2 Å². The summed E-state index contributed by atoms with van der Waals surface area (Å²) in [6, 6.07) is 2.67. The van der Waals surface area contributed by atoms with Gasteiger partial charge in [-0.05, 0) is 39.1 Å². The molecular formula is C13H19Cl2N3O2S. The third-order valence-corrected chi connectivity index (χ3v) is 6.35. The van der Waals surface area contributed by atoms with Crippen LogP contribution in [0.3, 0.4) is 0 Å². The third-order valence-electron chi connectivity index (χ3n) is 3.59. The van der Waals surface area contributed by atoms with E-state index in [9.17, 15) is 8.42 Å². The van der Waals surface area contributed by atoms with Crippen molar-refractivity contribution < 1.29 is 8.42 Å². The van der Waals surface area contributed by atoms with E-state index in [0.29, 0.717) is 18.1 Å². The lowest BCUT2D eigenvalue weighted by Crippen LogP contribution is -2.42. The molecule has 1 aromatic carbocycles. The summed E-state index contributed by atoms with van der Waals surface area (Å²) < 4.78 is 27.3. The summed E-state index contributed by atoms with van der Waals surface area (Å²) in [7, 11) is -1.76. The highest BCUT2D eigenvalue weighted by Crippen LogP contribution is 2.34. The smallest absolute Gasteiger partial charge is 0.246 e. The van der Waals surface area contributed by atoms with Crippen molar-refractivity contribution in [3.63, 3.8) is 0 Å². The van der Waals surface area contributed by atoms with E-state index >= 15 is 0 Å². The maximum atomic E-state index is 12.9. The number of likely N-dealkylation sites (N-methyl/N-ethyl adjacent to an activating group) is 1. The first-order chi connectivity index (χ1) is 9.73. The van der Waals surface area contributed by atoms with Crippen LogP contribution in [-0.2, 0) is 10.0 Å². The van der Waals surface area contributed by atoms with Gasteiger partial charge < -0.3 is 10.6 Å². The van der Waals surface area contributed by atoms with Gasteiger partial charge in [-0.2, -0.15) is 4.31 Å². The quantitative estimate of drug-likeness (QED) is 0.830. The molecule has 1 aliphatic heterocycles. The minimum Gasteiger partial charge on any atom is -0.398 e. The average molecular weight is 352 g/mol. The molecular weight excluding hydrogens is 333 g/mol. The standard InChI is InChI=1S/C13H19Cl2N3O2S/c1-9-8-17(2)4-3-5-18(9)21(19,20)13-11(15)6-10(14)7-12(13)16/h6-7,9H,3-5,8,16H2,1-2H3. The molecule has 2 N–H and O–H groups in total. The van der Waals surface area contributed by atoms with Gasteiger partial charge in [-0.15, -0.1) is 0 Å². The second-order valence-corrected chi connectivity index (χ2v) is 8.06. The van der Waals surface area contributed by atoms with Gasteiger partial charge in [0.05, 0.1) is 10.7 Å². The predicted octanol–water partition coefficient (Wildman–Crippen LogP) is 2.29. The van der Waals surface area contributed by atoms with Gasteiger partial charge in [0.25, 0.3) is 0 Å². The molecule has 0 aliphatic carbocycles. The zero-order chi connectivity index (χ0) is 15.8. The van der Waals surface area contributed by atoms with Gasteiger partial charge in [0.15, 0.2) is 0 Å². The molecule has 2 rings (SSSR count). The number of sulfonamides is 1. The van der Waals surface area contributed by atoms with Crippen LogP contribution in [0.1, 0.15) is 13.3 Å². The highest BCUT2D eigenvalue weighted by atomic mass is 35.5. The number of hydrogen-bond donors (Lipinski definition) is 1. The summed E-state index contributed by atoms with van der Waals surface area (Å²) in [5, 5.41) is 0.380. The Morgan fingerprint density at radius 2 is 1.95 bits per heavy atom. The highest BCUT2D eigenvalue weighted by Gasteiger charge is 2.34. The number of nitrogens with zero attached hydrogens (tertiary/aromatic N) is 2. The van der Waals surface area contributed by atoms with Crippen molar-refractivity contribution >= 4 is 38.9 Å². The van der Waals surface area contributed by atoms with Crippen molar-refractivity contribution in [2.24, 2.45) is 0 Å². The Bertz CT molecular complexity index is 613.